The molecule has 2 aromatic rings. The molecule has 1 fully saturated rings. The molecule has 1 saturated heterocycles. The number of halogens is 1. The zero-order chi connectivity index (χ0) is 26.8. The van der Waals surface area contributed by atoms with Crippen molar-refractivity contribution in [2.24, 2.45) is 0 Å². The van der Waals surface area contributed by atoms with Crippen molar-refractivity contribution in [2.45, 2.75) is 64.0 Å². The molecule has 2 aromatic carbocycles. The summed E-state index contributed by atoms with van der Waals surface area (Å²) < 4.78 is 48.6. The lowest BCUT2D eigenvalue weighted by Crippen LogP contribution is -2.47. The summed E-state index contributed by atoms with van der Waals surface area (Å²) in [7, 11) is -4.34. The quantitative estimate of drug-likeness (QED) is 0.563. The predicted octanol–water partition coefficient (Wildman–Crippen LogP) is 4.33. The van der Waals surface area contributed by atoms with Crippen molar-refractivity contribution < 1.29 is 27.4 Å². The number of benzene rings is 2. The monoisotopic (exact) mass is 521 g/mol. The van der Waals surface area contributed by atoms with Gasteiger partial charge in [0.2, 0.25) is 0 Å². The highest BCUT2D eigenvalue weighted by molar-refractivity contribution is 7.90. The molecule has 10 heteroatoms. The summed E-state index contributed by atoms with van der Waals surface area (Å²) in [6.07, 6.45) is 0. The van der Waals surface area contributed by atoms with Crippen LogP contribution in [0.15, 0.2) is 41.3 Å². The van der Waals surface area contributed by atoms with Crippen LogP contribution >= 0.6 is 0 Å². The van der Waals surface area contributed by atoms with Crippen molar-refractivity contribution >= 4 is 27.4 Å². The number of nitrogens with one attached hydrogen (secondary N) is 1. The summed E-state index contributed by atoms with van der Waals surface area (Å²) >= 11 is 0. The van der Waals surface area contributed by atoms with E-state index >= 15 is 0 Å². The van der Waals surface area contributed by atoms with Crippen LogP contribution in [0.1, 0.15) is 58.6 Å². The highest BCUT2D eigenvalue weighted by Gasteiger charge is 2.30. The van der Waals surface area contributed by atoms with E-state index < -0.39 is 33.5 Å². The van der Waals surface area contributed by atoms with E-state index in [0.717, 1.165) is 5.56 Å². The molecule has 0 atom stereocenters. The topological polar surface area (TPSA) is 99.2 Å². The van der Waals surface area contributed by atoms with Gasteiger partial charge in [0, 0.05) is 24.8 Å². The number of amides is 2. The molecule has 1 aliphatic rings. The molecule has 0 radical (unpaired) electrons. The van der Waals surface area contributed by atoms with E-state index in [1.54, 1.807) is 39.8 Å². The lowest BCUT2D eigenvalue weighted by molar-refractivity contribution is 0.0783. The molecule has 36 heavy (non-hydrogen) atoms. The number of ether oxygens (including phenoxy) is 1. The Balaban J connectivity index is 2.02. The molecular weight excluding hydrogens is 485 g/mol. The van der Waals surface area contributed by atoms with Gasteiger partial charge in [0.05, 0.1) is 29.4 Å². The first-order valence-electron chi connectivity index (χ1n) is 12.1. The van der Waals surface area contributed by atoms with Crippen LogP contribution < -0.4 is 14.5 Å². The van der Waals surface area contributed by atoms with Gasteiger partial charge in [-0.25, -0.2) is 22.3 Å². The normalized spacial score (nSPS) is 14.9. The van der Waals surface area contributed by atoms with E-state index in [1.165, 1.54) is 29.2 Å². The fourth-order valence-electron chi connectivity index (χ4n) is 4.15. The maximum atomic E-state index is 14.2. The van der Waals surface area contributed by atoms with Crippen molar-refractivity contribution in [3.63, 3.8) is 0 Å². The minimum atomic E-state index is -4.34. The first kappa shape index (κ1) is 27.9. The average Bonchev–Trinajstić information content (AvgIpc) is 2.78. The van der Waals surface area contributed by atoms with Crippen LogP contribution in [0.25, 0.3) is 0 Å². The molecule has 3 rings (SSSR count). The molecule has 0 spiro atoms. The number of rotatable bonds is 7. The van der Waals surface area contributed by atoms with Crippen LogP contribution in [0.2, 0.25) is 0 Å². The van der Waals surface area contributed by atoms with Crippen LogP contribution in [-0.2, 0) is 20.4 Å². The Kier molecular flexibility index (Phi) is 8.32. The third-order valence-corrected chi connectivity index (χ3v) is 7.41. The number of anilines is 2. The third kappa shape index (κ3) is 6.35. The second-order valence-electron chi connectivity index (χ2n) is 10.1. The van der Waals surface area contributed by atoms with Crippen LogP contribution in [0, 0.1) is 5.82 Å². The van der Waals surface area contributed by atoms with Crippen molar-refractivity contribution in [2.75, 3.05) is 36.1 Å². The smallest absolute Gasteiger partial charge is 0.336 e. The number of sulfonamides is 1. The molecule has 0 aromatic heterocycles. The van der Waals surface area contributed by atoms with Gasteiger partial charge in [-0.05, 0) is 75.1 Å². The summed E-state index contributed by atoms with van der Waals surface area (Å²) in [5, 5.41) is 10.6. The number of morpholine rings is 1. The molecule has 2 amide bonds. The number of aliphatic hydroxyl groups is 1. The van der Waals surface area contributed by atoms with E-state index in [-0.39, 0.29) is 10.8 Å². The van der Waals surface area contributed by atoms with Gasteiger partial charge in [0.1, 0.15) is 5.82 Å². The number of hydrogen-bond donors (Lipinski definition) is 2. The lowest BCUT2D eigenvalue weighted by Gasteiger charge is -2.31. The molecule has 0 bridgehead atoms. The SMILES string of the molecule is CC(C)c1ccc(F)cc1N(C(=O)NS(=O)(=O)c1cc(N2CCOCC2)cc(C(C)(C)O)c1)C(C)C. The summed E-state index contributed by atoms with van der Waals surface area (Å²) in [5.41, 5.74) is 0.725. The second kappa shape index (κ2) is 10.7. The van der Waals surface area contributed by atoms with Gasteiger partial charge >= 0.3 is 6.03 Å². The first-order valence-corrected chi connectivity index (χ1v) is 13.5. The van der Waals surface area contributed by atoms with E-state index in [9.17, 15) is 22.7 Å². The predicted molar refractivity (Wildman–Crippen MR) is 139 cm³/mol. The molecule has 198 valence electrons. The summed E-state index contributed by atoms with van der Waals surface area (Å²) in [4.78, 5) is 16.4. The first-order chi connectivity index (χ1) is 16.7. The van der Waals surface area contributed by atoms with E-state index in [1.807, 2.05) is 18.7 Å². The van der Waals surface area contributed by atoms with Crippen molar-refractivity contribution in [3.05, 3.63) is 53.3 Å². The van der Waals surface area contributed by atoms with Crippen molar-refractivity contribution in [1.29, 1.82) is 0 Å². The standard InChI is InChI=1S/C26H36FN3O5S/c1-17(2)23-8-7-20(27)15-24(23)30(18(3)4)25(31)28-36(33,34)22-14-19(26(5,6)32)13-21(16-22)29-9-11-35-12-10-29/h7-8,13-18,32H,9-12H2,1-6H3,(H,28,31). The van der Waals surface area contributed by atoms with Gasteiger partial charge in [0.25, 0.3) is 10.0 Å². The van der Waals surface area contributed by atoms with Crippen LogP contribution in [0.3, 0.4) is 0 Å². The summed E-state index contributed by atoms with van der Waals surface area (Å²) in [6, 6.07) is 7.42. The second-order valence-corrected chi connectivity index (χ2v) is 11.8. The van der Waals surface area contributed by atoms with Crippen LogP contribution in [0.5, 0.6) is 0 Å². The Hall–Kier alpha value is -2.69. The van der Waals surface area contributed by atoms with Gasteiger partial charge in [-0.1, -0.05) is 19.9 Å². The molecule has 1 aliphatic heterocycles. The number of hydrogen-bond acceptors (Lipinski definition) is 6. The Labute approximate surface area is 213 Å². The number of urea groups is 1. The minimum Gasteiger partial charge on any atom is -0.386 e. The Morgan fingerprint density at radius 1 is 1.11 bits per heavy atom. The van der Waals surface area contributed by atoms with Crippen molar-refractivity contribution in [3.8, 4) is 0 Å². The highest BCUT2D eigenvalue weighted by Crippen LogP contribution is 2.32. The largest absolute Gasteiger partial charge is 0.386 e. The van der Waals surface area contributed by atoms with E-state index in [2.05, 4.69) is 4.72 Å². The van der Waals surface area contributed by atoms with Crippen molar-refractivity contribution in [1.82, 2.24) is 4.72 Å². The fourth-order valence-corrected chi connectivity index (χ4v) is 5.16. The van der Waals surface area contributed by atoms with Gasteiger partial charge < -0.3 is 14.7 Å². The Morgan fingerprint density at radius 3 is 2.31 bits per heavy atom. The fraction of sp³-hybridized carbons (Fsp3) is 0.500. The minimum absolute atomic E-state index is 0.0224. The van der Waals surface area contributed by atoms with Gasteiger partial charge in [-0.3, -0.25) is 4.90 Å². The van der Waals surface area contributed by atoms with Crippen LogP contribution in [-0.4, -0.2) is 51.9 Å². The van der Waals surface area contributed by atoms with Gasteiger partial charge in [-0.2, -0.15) is 0 Å². The molecule has 0 unspecified atom stereocenters. The zero-order valence-corrected chi connectivity index (χ0v) is 22.5. The Bertz CT molecular complexity index is 1200. The van der Waals surface area contributed by atoms with E-state index in [4.69, 9.17) is 4.74 Å². The third-order valence-electron chi connectivity index (χ3n) is 6.12. The zero-order valence-electron chi connectivity index (χ0n) is 21.7. The van der Waals surface area contributed by atoms with Crippen LogP contribution in [0.4, 0.5) is 20.6 Å². The molecule has 8 nitrogen and oxygen atoms in total. The maximum absolute atomic E-state index is 14.2. The lowest BCUT2D eigenvalue weighted by atomic mass is 9.97. The van der Waals surface area contributed by atoms with Gasteiger partial charge in [0.15, 0.2) is 0 Å². The number of carbonyl (C=O) groups excluding carboxylic acids is 1. The molecule has 0 aliphatic carbocycles. The molecule has 0 saturated carbocycles. The average molecular weight is 522 g/mol. The maximum Gasteiger partial charge on any atom is 0.336 e. The number of nitrogens with zero attached hydrogens (tertiary/aromatic N) is 2. The number of carbonyl (C=O) groups is 1. The molecular formula is C26H36FN3O5S. The van der Waals surface area contributed by atoms with Gasteiger partial charge in [-0.15, -0.1) is 0 Å². The summed E-state index contributed by atoms with van der Waals surface area (Å²) in [5.74, 6) is -0.547. The highest BCUT2D eigenvalue weighted by atomic mass is 32.2. The summed E-state index contributed by atoms with van der Waals surface area (Å²) in [6.45, 7) is 12.6. The van der Waals surface area contributed by atoms with E-state index in [0.29, 0.717) is 43.2 Å². The molecule has 2 N–H and O–H groups in total. The molecule has 1 heterocycles. The Morgan fingerprint density at radius 2 is 1.75 bits per heavy atom.